The molecule has 3 amide bonds. The molecule has 53 heavy (non-hydrogen) atoms. The Morgan fingerprint density at radius 1 is 1.11 bits per heavy atom. The minimum absolute atomic E-state index is 0.0842. The van der Waals surface area contributed by atoms with Crippen LogP contribution >= 0.6 is 0 Å². The Hall–Kier alpha value is -3.95. The number of nitrogens with zero attached hydrogens (tertiary/aromatic N) is 2. The number of hydrogen-bond donors (Lipinski definition) is 4. The van der Waals surface area contributed by atoms with Crippen molar-refractivity contribution in [3.63, 3.8) is 0 Å². The predicted molar refractivity (Wildman–Crippen MR) is 197 cm³/mol. The summed E-state index contributed by atoms with van der Waals surface area (Å²) >= 11 is 0. The zero-order valence-corrected chi connectivity index (χ0v) is 32.1. The van der Waals surface area contributed by atoms with Gasteiger partial charge in [0.15, 0.2) is 0 Å². The fraction of sp³-hybridized carbons (Fsp3) is 0.632. The molecule has 3 fully saturated rings. The number of aliphatic hydroxyl groups excluding tert-OH is 1. The van der Waals surface area contributed by atoms with Crippen LogP contribution in [0.1, 0.15) is 79.6 Å². The van der Waals surface area contributed by atoms with Gasteiger partial charge >= 0.3 is 6.09 Å². The van der Waals surface area contributed by atoms with E-state index in [2.05, 4.69) is 27.3 Å². The number of carbonyl (C=O) groups excluding carboxylic acids is 3. The minimum Gasteiger partial charge on any atom is -0.497 e. The van der Waals surface area contributed by atoms with Crippen LogP contribution in [0.2, 0.25) is 0 Å². The standard InChI is InChI=1S/C38H53N5O9S/c1-22-9-7-8-10-25-20-38(25,35(46)42-53(48,49)28-12-13-28)41-32(44)30-19-27(51-33-29-14-11-26(50-6)18-24(29)15-16-39-33)21-43(30)34(45)31(23(2)17-22)40-36(47)52-37(3,4)5/h8,10-11,14-16,18,22-23,25,27-28,30-31,34,45H,7,9,12-13,17,19-21H2,1-6H3,(H,40,47)(H,41,44)(H,42,46)/b10-8-/t22-,23-,25-,27-,30+,31+,34?,38-/m1/s1. The predicted octanol–water partition coefficient (Wildman–Crippen LogP) is 3.77. The summed E-state index contributed by atoms with van der Waals surface area (Å²) in [6.07, 6.45) is 6.26. The van der Waals surface area contributed by atoms with Crippen LogP contribution in [-0.4, -0.2) is 95.8 Å². The number of amides is 3. The lowest BCUT2D eigenvalue weighted by Crippen LogP contribution is -2.61. The van der Waals surface area contributed by atoms with E-state index in [-0.39, 0.29) is 31.2 Å². The fourth-order valence-electron chi connectivity index (χ4n) is 7.63. The maximum Gasteiger partial charge on any atom is 0.408 e. The summed E-state index contributed by atoms with van der Waals surface area (Å²) in [6, 6.07) is 5.48. The van der Waals surface area contributed by atoms with E-state index in [1.54, 1.807) is 45.0 Å². The highest BCUT2D eigenvalue weighted by molar-refractivity contribution is 7.91. The molecule has 3 heterocycles. The number of aromatic nitrogens is 1. The number of hydrogen-bond acceptors (Lipinski definition) is 11. The van der Waals surface area contributed by atoms with Crippen molar-refractivity contribution in [3.05, 3.63) is 42.6 Å². The Labute approximate surface area is 311 Å². The number of pyridine rings is 1. The molecule has 8 atom stereocenters. The highest BCUT2D eigenvalue weighted by Crippen LogP contribution is 2.46. The third-order valence-corrected chi connectivity index (χ3v) is 12.5. The molecule has 4 aliphatic rings. The summed E-state index contributed by atoms with van der Waals surface area (Å²) in [4.78, 5) is 47.5. The smallest absolute Gasteiger partial charge is 0.408 e. The normalized spacial score (nSPS) is 31.8. The number of nitrogens with one attached hydrogen (secondary N) is 3. The van der Waals surface area contributed by atoms with Gasteiger partial charge in [-0.1, -0.05) is 26.0 Å². The molecule has 2 aromatic rings. The van der Waals surface area contributed by atoms with Crippen molar-refractivity contribution in [3.8, 4) is 11.6 Å². The van der Waals surface area contributed by atoms with Gasteiger partial charge in [0.05, 0.1) is 24.4 Å². The van der Waals surface area contributed by atoms with Gasteiger partial charge in [-0.3, -0.25) is 19.2 Å². The second-order valence-electron chi connectivity index (χ2n) is 16.2. The molecular formula is C38H53N5O9S. The molecule has 0 bridgehead atoms. The van der Waals surface area contributed by atoms with Crippen molar-refractivity contribution in [1.82, 2.24) is 25.2 Å². The van der Waals surface area contributed by atoms with Gasteiger partial charge in [-0.15, -0.1) is 0 Å². The average molecular weight is 756 g/mol. The maximum absolute atomic E-state index is 14.5. The number of allylic oxidation sites excluding steroid dienone is 1. The molecule has 2 saturated carbocycles. The molecule has 6 rings (SSSR count). The van der Waals surface area contributed by atoms with Crippen molar-refractivity contribution in [2.75, 3.05) is 13.7 Å². The van der Waals surface area contributed by atoms with E-state index in [1.165, 1.54) is 0 Å². The van der Waals surface area contributed by atoms with Gasteiger partial charge in [0, 0.05) is 30.5 Å². The second kappa shape index (κ2) is 15.1. The molecule has 1 unspecified atom stereocenters. The van der Waals surface area contributed by atoms with Crippen LogP contribution in [0, 0.1) is 17.8 Å². The maximum atomic E-state index is 14.5. The Morgan fingerprint density at radius 3 is 2.57 bits per heavy atom. The van der Waals surface area contributed by atoms with E-state index >= 15 is 0 Å². The number of benzene rings is 1. The summed E-state index contributed by atoms with van der Waals surface area (Å²) in [6.45, 7) is 9.42. The SMILES string of the molecule is COc1ccc2c(O[C@@H]3C[C@H]4C(=O)N[C@]5(C(=O)NS(=O)(=O)C6CC6)C[C@H]5/C=C\CC[C@@H](C)C[C@@H](C)[C@H](NC(=O)OC(C)(C)C)C(O)N4C3)nccc2c1. The molecule has 0 spiro atoms. The average Bonchev–Trinajstić information content (AvgIpc) is 4.01. The molecule has 4 N–H and O–H groups in total. The number of rotatable bonds is 7. The second-order valence-corrected chi connectivity index (χ2v) is 18.2. The summed E-state index contributed by atoms with van der Waals surface area (Å²) < 4.78 is 45.4. The summed E-state index contributed by atoms with van der Waals surface area (Å²) in [5.41, 5.74) is -2.26. The highest BCUT2D eigenvalue weighted by atomic mass is 32.2. The van der Waals surface area contributed by atoms with Crippen LogP contribution in [-0.2, 0) is 24.3 Å². The number of sulfonamides is 1. The lowest BCUT2D eigenvalue weighted by molar-refractivity contribution is -0.135. The molecule has 2 aliphatic carbocycles. The molecule has 15 heteroatoms. The first-order valence-corrected chi connectivity index (χ1v) is 20.1. The third kappa shape index (κ3) is 8.89. The zero-order valence-electron chi connectivity index (χ0n) is 31.3. The van der Waals surface area contributed by atoms with Gasteiger partial charge in [0.25, 0.3) is 5.91 Å². The first-order chi connectivity index (χ1) is 25.0. The number of methoxy groups -OCH3 is 1. The van der Waals surface area contributed by atoms with Gasteiger partial charge in [-0.25, -0.2) is 18.2 Å². The molecule has 1 saturated heterocycles. The monoisotopic (exact) mass is 755 g/mol. The quantitative estimate of drug-likeness (QED) is 0.302. The summed E-state index contributed by atoms with van der Waals surface area (Å²) in [7, 11) is -2.30. The van der Waals surface area contributed by atoms with Crippen LogP contribution in [0.3, 0.4) is 0 Å². The van der Waals surface area contributed by atoms with Crippen molar-refractivity contribution < 1.29 is 42.1 Å². The van der Waals surface area contributed by atoms with E-state index in [0.29, 0.717) is 37.3 Å². The Kier molecular flexibility index (Phi) is 11.0. The minimum atomic E-state index is -3.88. The number of ether oxygens (including phenoxy) is 3. The lowest BCUT2D eigenvalue weighted by Gasteiger charge is -2.38. The number of fused-ring (bicyclic) bond motifs is 3. The first kappa shape index (κ1) is 38.8. The van der Waals surface area contributed by atoms with Gasteiger partial charge in [-0.2, -0.15) is 0 Å². The van der Waals surface area contributed by atoms with E-state index in [9.17, 15) is 27.9 Å². The van der Waals surface area contributed by atoms with Crippen LogP contribution in [0.15, 0.2) is 42.6 Å². The molecule has 2 aliphatic heterocycles. The van der Waals surface area contributed by atoms with Gasteiger partial charge in [-0.05, 0) is 101 Å². The van der Waals surface area contributed by atoms with Crippen molar-refractivity contribution >= 4 is 38.7 Å². The van der Waals surface area contributed by atoms with E-state index in [4.69, 9.17) is 14.2 Å². The Morgan fingerprint density at radius 2 is 1.87 bits per heavy atom. The van der Waals surface area contributed by atoms with Crippen LogP contribution < -0.4 is 24.8 Å². The van der Waals surface area contributed by atoms with Crippen LogP contribution in [0.4, 0.5) is 4.79 Å². The molecule has 1 aromatic heterocycles. The van der Waals surface area contributed by atoms with Gasteiger partial charge < -0.3 is 30.0 Å². The molecule has 0 radical (unpaired) electrons. The zero-order chi connectivity index (χ0) is 38.3. The van der Waals surface area contributed by atoms with Crippen molar-refractivity contribution in [2.24, 2.45) is 17.8 Å². The van der Waals surface area contributed by atoms with Gasteiger partial charge in [0.2, 0.25) is 21.8 Å². The number of alkyl carbamates (subject to hydrolysis) is 1. The number of carbonyl (C=O) groups is 3. The first-order valence-electron chi connectivity index (χ1n) is 18.6. The Bertz CT molecular complexity index is 1840. The largest absolute Gasteiger partial charge is 0.497 e. The van der Waals surface area contributed by atoms with Crippen LogP contribution in [0.25, 0.3) is 10.8 Å². The Balaban J connectivity index is 1.34. The van der Waals surface area contributed by atoms with E-state index in [1.807, 2.05) is 37.3 Å². The van der Waals surface area contributed by atoms with Gasteiger partial charge in [0.1, 0.15) is 29.2 Å². The lowest BCUT2D eigenvalue weighted by atomic mass is 9.87. The molecular weight excluding hydrogens is 703 g/mol. The summed E-state index contributed by atoms with van der Waals surface area (Å²) in [5, 5.41) is 19.0. The fourth-order valence-corrected chi connectivity index (χ4v) is 9.00. The topological polar surface area (TPSA) is 185 Å². The molecule has 14 nitrogen and oxygen atoms in total. The van der Waals surface area contributed by atoms with Crippen LogP contribution in [0.5, 0.6) is 11.6 Å². The molecule has 290 valence electrons. The summed E-state index contributed by atoms with van der Waals surface area (Å²) in [5.74, 6) is -0.768. The van der Waals surface area contributed by atoms with Crippen molar-refractivity contribution in [2.45, 2.75) is 120 Å². The van der Waals surface area contributed by atoms with E-state index < -0.39 is 74.7 Å². The highest BCUT2D eigenvalue weighted by Gasteiger charge is 2.62. The number of aliphatic hydroxyl groups is 1. The molecule has 1 aromatic carbocycles. The van der Waals surface area contributed by atoms with E-state index in [0.717, 1.165) is 17.2 Å². The van der Waals surface area contributed by atoms with Crippen molar-refractivity contribution in [1.29, 1.82) is 0 Å². The third-order valence-electron chi connectivity index (χ3n) is 10.7.